The lowest BCUT2D eigenvalue weighted by atomic mass is 10.2. The van der Waals surface area contributed by atoms with Gasteiger partial charge < -0.3 is 15.3 Å². The highest BCUT2D eigenvalue weighted by Crippen LogP contribution is 2.05. The molecular formula is C15H24N2O2. The van der Waals surface area contributed by atoms with Gasteiger partial charge in [0.1, 0.15) is 0 Å². The molecule has 0 spiro atoms. The first-order valence-corrected chi connectivity index (χ1v) is 6.88. The number of hydrogen-bond acceptors (Lipinski definition) is 3. The molecule has 0 aliphatic heterocycles. The number of carboxylic acids is 1. The van der Waals surface area contributed by atoms with E-state index in [1.54, 1.807) is 0 Å². The number of para-hydroxylation sites is 1. The van der Waals surface area contributed by atoms with E-state index in [1.165, 1.54) is 0 Å². The number of carboxylic acid groups (broad SMARTS) is 1. The first kappa shape index (κ1) is 15.5. The number of nitrogens with one attached hydrogen (secondary N) is 1. The Morgan fingerprint density at radius 2 is 1.84 bits per heavy atom. The van der Waals surface area contributed by atoms with Crippen LogP contribution in [0.4, 0.5) is 5.69 Å². The van der Waals surface area contributed by atoms with Crippen molar-refractivity contribution in [2.24, 2.45) is 0 Å². The second kappa shape index (κ2) is 9.39. The van der Waals surface area contributed by atoms with E-state index in [2.05, 4.69) is 22.3 Å². The van der Waals surface area contributed by atoms with Crippen LogP contribution in [0, 0.1) is 0 Å². The summed E-state index contributed by atoms with van der Waals surface area (Å²) in [5.74, 6) is -0.708. The number of carbonyl (C=O) groups is 1. The lowest BCUT2D eigenvalue weighted by Crippen LogP contribution is -2.22. The van der Waals surface area contributed by atoms with Crippen molar-refractivity contribution in [2.45, 2.75) is 25.7 Å². The van der Waals surface area contributed by atoms with E-state index in [-0.39, 0.29) is 6.42 Å². The molecule has 0 atom stereocenters. The molecule has 106 valence electrons. The van der Waals surface area contributed by atoms with Gasteiger partial charge in [0.05, 0.1) is 0 Å². The average molecular weight is 264 g/mol. The number of rotatable bonds is 10. The summed E-state index contributed by atoms with van der Waals surface area (Å²) >= 11 is 0. The summed E-state index contributed by atoms with van der Waals surface area (Å²) in [5, 5.41) is 11.9. The molecule has 1 aromatic carbocycles. The van der Waals surface area contributed by atoms with E-state index in [9.17, 15) is 4.79 Å². The third kappa shape index (κ3) is 8.21. The van der Waals surface area contributed by atoms with Crippen LogP contribution in [-0.2, 0) is 4.79 Å². The predicted octanol–water partition coefficient (Wildman–Crippen LogP) is 2.68. The van der Waals surface area contributed by atoms with Crippen molar-refractivity contribution in [3.05, 3.63) is 30.3 Å². The first-order valence-electron chi connectivity index (χ1n) is 6.88. The van der Waals surface area contributed by atoms with E-state index < -0.39 is 5.97 Å². The quantitative estimate of drug-likeness (QED) is 0.638. The van der Waals surface area contributed by atoms with E-state index in [1.807, 2.05) is 25.2 Å². The maximum absolute atomic E-state index is 10.4. The van der Waals surface area contributed by atoms with Gasteiger partial charge in [0.2, 0.25) is 0 Å². The van der Waals surface area contributed by atoms with Crippen molar-refractivity contribution in [1.29, 1.82) is 0 Å². The smallest absolute Gasteiger partial charge is 0.303 e. The van der Waals surface area contributed by atoms with Crippen LogP contribution < -0.4 is 5.32 Å². The highest BCUT2D eigenvalue weighted by atomic mass is 16.4. The summed E-state index contributed by atoms with van der Waals surface area (Å²) in [6.07, 6.45) is 3.25. The SMILES string of the molecule is CN(CCCCNc1ccccc1)CCCC(=O)O. The molecular weight excluding hydrogens is 240 g/mol. The summed E-state index contributed by atoms with van der Waals surface area (Å²) in [4.78, 5) is 12.6. The van der Waals surface area contributed by atoms with E-state index >= 15 is 0 Å². The van der Waals surface area contributed by atoms with Gasteiger partial charge in [-0.25, -0.2) is 0 Å². The van der Waals surface area contributed by atoms with Gasteiger partial charge in [-0.15, -0.1) is 0 Å². The maximum Gasteiger partial charge on any atom is 0.303 e. The highest BCUT2D eigenvalue weighted by Gasteiger charge is 2.01. The molecule has 0 unspecified atom stereocenters. The Morgan fingerprint density at radius 3 is 2.53 bits per heavy atom. The van der Waals surface area contributed by atoms with Crippen molar-refractivity contribution >= 4 is 11.7 Å². The fraction of sp³-hybridized carbons (Fsp3) is 0.533. The topological polar surface area (TPSA) is 52.6 Å². The monoisotopic (exact) mass is 264 g/mol. The van der Waals surface area contributed by atoms with Crippen molar-refractivity contribution in [2.75, 3.05) is 32.0 Å². The lowest BCUT2D eigenvalue weighted by Gasteiger charge is -2.15. The Kier molecular flexibility index (Phi) is 7.66. The van der Waals surface area contributed by atoms with Gasteiger partial charge in [0.25, 0.3) is 0 Å². The van der Waals surface area contributed by atoms with Crippen LogP contribution in [0.25, 0.3) is 0 Å². The van der Waals surface area contributed by atoms with E-state index in [4.69, 9.17) is 5.11 Å². The third-order valence-corrected chi connectivity index (χ3v) is 3.00. The van der Waals surface area contributed by atoms with Gasteiger partial charge in [-0.2, -0.15) is 0 Å². The first-order chi connectivity index (χ1) is 9.18. The minimum absolute atomic E-state index is 0.264. The summed E-state index contributed by atoms with van der Waals surface area (Å²) in [5.41, 5.74) is 1.16. The standard InChI is InChI=1S/C15H24N2O2/c1-17(13-7-10-15(18)19)12-6-5-11-16-14-8-3-2-4-9-14/h2-4,8-9,16H,5-7,10-13H2,1H3,(H,18,19). The molecule has 0 fully saturated rings. The molecule has 4 nitrogen and oxygen atoms in total. The molecule has 0 heterocycles. The van der Waals surface area contributed by atoms with Gasteiger partial charge >= 0.3 is 5.97 Å². The third-order valence-electron chi connectivity index (χ3n) is 3.00. The number of hydrogen-bond donors (Lipinski definition) is 2. The number of aliphatic carboxylic acids is 1. The maximum atomic E-state index is 10.4. The second-order valence-electron chi connectivity index (χ2n) is 4.80. The van der Waals surface area contributed by atoms with Gasteiger partial charge in [-0.3, -0.25) is 4.79 Å². The van der Waals surface area contributed by atoms with Crippen molar-refractivity contribution in [3.63, 3.8) is 0 Å². The number of unbranched alkanes of at least 4 members (excludes halogenated alkanes) is 1. The zero-order valence-electron chi connectivity index (χ0n) is 11.6. The number of anilines is 1. The molecule has 0 saturated carbocycles. The number of nitrogens with zero attached hydrogens (tertiary/aromatic N) is 1. The van der Waals surface area contributed by atoms with Gasteiger partial charge in [-0.05, 0) is 51.5 Å². The van der Waals surface area contributed by atoms with Gasteiger partial charge in [0, 0.05) is 18.7 Å². The summed E-state index contributed by atoms with van der Waals surface area (Å²) < 4.78 is 0. The molecule has 0 bridgehead atoms. The molecule has 0 aliphatic carbocycles. The zero-order chi connectivity index (χ0) is 13.9. The molecule has 0 amide bonds. The lowest BCUT2D eigenvalue weighted by molar-refractivity contribution is -0.137. The van der Waals surface area contributed by atoms with Crippen molar-refractivity contribution in [1.82, 2.24) is 4.90 Å². The minimum atomic E-state index is -0.708. The summed E-state index contributed by atoms with van der Waals surface area (Å²) in [6, 6.07) is 10.2. The van der Waals surface area contributed by atoms with Crippen LogP contribution in [-0.4, -0.2) is 42.7 Å². The Morgan fingerprint density at radius 1 is 1.16 bits per heavy atom. The number of benzene rings is 1. The van der Waals surface area contributed by atoms with Crippen LogP contribution in [0.5, 0.6) is 0 Å². The molecule has 4 heteroatoms. The molecule has 0 aromatic heterocycles. The highest BCUT2D eigenvalue weighted by molar-refractivity contribution is 5.66. The zero-order valence-corrected chi connectivity index (χ0v) is 11.6. The Bertz CT molecular complexity index is 354. The van der Waals surface area contributed by atoms with Crippen molar-refractivity contribution in [3.8, 4) is 0 Å². The predicted molar refractivity (Wildman–Crippen MR) is 78.5 cm³/mol. The second-order valence-corrected chi connectivity index (χ2v) is 4.80. The van der Waals surface area contributed by atoms with Crippen molar-refractivity contribution < 1.29 is 9.90 Å². The fourth-order valence-corrected chi connectivity index (χ4v) is 1.91. The summed E-state index contributed by atoms with van der Waals surface area (Å²) in [7, 11) is 2.05. The van der Waals surface area contributed by atoms with Crippen LogP contribution >= 0.6 is 0 Å². The van der Waals surface area contributed by atoms with Crippen LogP contribution in [0.3, 0.4) is 0 Å². The average Bonchev–Trinajstić information content (AvgIpc) is 2.39. The van der Waals surface area contributed by atoms with E-state index in [0.717, 1.165) is 44.6 Å². The van der Waals surface area contributed by atoms with Crippen LogP contribution in [0.2, 0.25) is 0 Å². The van der Waals surface area contributed by atoms with Gasteiger partial charge in [-0.1, -0.05) is 18.2 Å². The molecule has 0 radical (unpaired) electrons. The molecule has 0 saturated heterocycles. The largest absolute Gasteiger partial charge is 0.481 e. The Hall–Kier alpha value is -1.55. The molecule has 0 aliphatic rings. The summed E-state index contributed by atoms with van der Waals surface area (Å²) in [6.45, 7) is 2.86. The van der Waals surface area contributed by atoms with Crippen LogP contribution in [0.15, 0.2) is 30.3 Å². The minimum Gasteiger partial charge on any atom is -0.481 e. The normalized spacial score (nSPS) is 10.6. The molecule has 19 heavy (non-hydrogen) atoms. The van der Waals surface area contributed by atoms with E-state index in [0.29, 0.717) is 0 Å². The Balaban J connectivity index is 1.97. The molecule has 1 aromatic rings. The van der Waals surface area contributed by atoms with Crippen LogP contribution in [0.1, 0.15) is 25.7 Å². The Labute approximate surface area is 115 Å². The van der Waals surface area contributed by atoms with Gasteiger partial charge in [0.15, 0.2) is 0 Å². The fourth-order valence-electron chi connectivity index (χ4n) is 1.91. The molecule has 2 N–H and O–H groups in total. The molecule has 1 rings (SSSR count).